The van der Waals surface area contributed by atoms with Crippen LogP contribution in [-0.4, -0.2) is 59.8 Å². The number of hydrogen-bond donors (Lipinski definition) is 1. The van der Waals surface area contributed by atoms with Gasteiger partial charge in [-0.2, -0.15) is 0 Å². The van der Waals surface area contributed by atoms with Crippen LogP contribution in [0.15, 0.2) is 4.52 Å². The van der Waals surface area contributed by atoms with Crippen molar-refractivity contribution in [3.05, 3.63) is 17.0 Å². The fourth-order valence-electron chi connectivity index (χ4n) is 2.09. The molecule has 1 N–H and O–H groups in total. The van der Waals surface area contributed by atoms with Gasteiger partial charge in [-0.1, -0.05) is 5.16 Å². The molecule has 6 nitrogen and oxygen atoms in total. The largest absolute Gasteiger partial charge is 0.481 e. The molecule has 0 aromatic carbocycles. The van der Waals surface area contributed by atoms with Crippen LogP contribution >= 0.6 is 0 Å². The number of rotatable bonds is 9. The number of aryl methyl sites for hydroxylation is 2. The molecule has 0 amide bonds. The van der Waals surface area contributed by atoms with Crippen molar-refractivity contribution >= 4 is 5.97 Å². The van der Waals surface area contributed by atoms with Gasteiger partial charge in [0.2, 0.25) is 0 Å². The fourth-order valence-corrected chi connectivity index (χ4v) is 2.09. The molecule has 0 radical (unpaired) electrons. The number of carboxylic acid groups (broad SMARTS) is 1. The number of aromatic nitrogens is 1. The summed E-state index contributed by atoms with van der Waals surface area (Å²) in [6, 6.07) is 0. The molecule has 0 unspecified atom stereocenters. The lowest BCUT2D eigenvalue weighted by Crippen LogP contribution is -2.29. The lowest BCUT2D eigenvalue weighted by molar-refractivity contribution is -0.137. The van der Waals surface area contributed by atoms with Gasteiger partial charge in [0, 0.05) is 18.7 Å². The summed E-state index contributed by atoms with van der Waals surface area (Å²) >= 11 is 0. The van der Waals surface area contributed by atoms with E-state index in [1.165, 1.54) is 0 Å². The predicted molar refractivity (Wildman–Crippen MR) is 76.7 cm³/mol. The molecule has 114 valence electrons. The van der Waals surface area contributed by atoms with E-state index in [1.54, 1.807) is 0 Å². The van der Waals surface area contributed by atoms with Crippen LogP contribution in [0.1, 0.15) is 29.9 Å². The second-order valence-electron chi connectivity index (χ2n) is 5.38. The molecule has 0 spiro atoms. The Morgan fingerprint density at radius 1 is 1.25 bits per heavy atom. The van der Waals surface area contributed by atoms with Crippen LogP contribution in [0.3, 0.4) is 0 Å². The maximum absolute atomic E-state index is 10.8. The average Bonchev–Trinajstić information content (AvgIpc) is 2.66. The Labute approximate surface area is 120 Å². The number of carbonyl (C=O) groups is 1. The van der Waals surface area contributed by atoms with E-state index >= 15 is 0 Å². The predicted octanol–water partition coefficient (Wildman–Crippen LogP) is 1.52. The van der Waals surface area contributed by atoms with Crippen molar-refractivity contribution in [1.82, 2.24) is 15.0 Å². The Hall–Kier alpha value is -1.40. The Morgan fingerprint density at radius 3 is 2.45 bits per heavy atom. The van der Waals surface area contributed by atoms with Gasteiger partial charge >= 0.3 is 5.97 Å². The van der Waals surface area contributed by atoms with E-state index in [9.17, 15) is 4.79 Å². The van der Waals surface area contributed by atoms with Gasteiger partial charge in [0.15, 0.2) is 0 Å². The molecule has 0 bridgehead atoms. The zero-order valence-electron chi connectivity index (χ0n) is 12.8. The first-order chi connectivity index (χ1) is 9.40. The molecule has 0 fully saturated rings. The summed E-state index contributed by atoms with van der Waals surface area (Å²) in [6.45, 7) is 6.92. The molecule has 1 aromatic rings. The summed E-state index contributed by atoms with van der Waals surface area (Å²) in [7, 11) is 4.08. The highest BCUT2D eigenvalue weighted by atomic mass is 16.5. The van der Waals surface area contributed by atoms with Gasteiger partial charge in [-0.25, -0.2) is 0 Å². The highest BCUT2D eigenvalue weighted by Crippen LogP contribution is 2.15. The van der Waals surface area contributed by atoms with Crippen LogP contribution in [0.2, 0.25) is 0 Å². The second-order valence-corrected chi connectivity index (χ2v) is 5.38. The van der Waals surface area contributed by atoms with Crippen LogP contribution < -0.4 is 0 Å². The molecule has 1 heterocycles. The number of carboxylic acids is 1. The van der Waals surface area contributed by atoms with Crippen molar-refractivity contribution in [2.75, 3.05) is 33.7 Å². The normalized spacial score (nSPS) is 11.5. The monoisotopic (exact) mass is 283 g/mol. The SMILES string of the molecule is Cc1noc(C)c1CN(CCCN(C)C)CCC(=O)O. The van der Waals surface area contributed by atoms with Gasteiger partial charge in [-0.15, -0.1) is 0 Å². The molecule has 0 aliphatic rings. The summed E-state index contributed by atoms with van der Waals surface area (Å²) in [4.78, 5) is 15.0. The van der Waals surface area contributed by atoms with Crippen molar-refractivity contribution < 1.29 is 14.4 Å². The Bertz CT molecular complexity index is 410. The number of aliphatic carboxylic acids is 1. The van der Waals surface area contributed by atoms with Crippen LogP contribution in [0.5, 0.6) is 0 Å². The van der Waals surface area contributed by atoms with Crippen molar-refractivity contribution in [3.8, 4) is 0 Å². The van der Waals surface area contributed by atoms with E-state index in [1.807, 2.05) is 27.9 Å². The third-order valence-corrected chi connectivity index (χ3v) is 3.28. The van der Waals surface area contributed by atoms with E-state index in [0.717, 1.165) is 36.5 Å². The molecule has 20 heavy (non-hydrogen) atoms. The molecule has 1 aromatic heterocycles. The van der Waals surface area contributed by atoms with Crippen LogP contribution in [0.25, 0.3) is 0 Å². The van der Waals surface area contributed by atoms with Gasteiger partial charge in [0.05, 0.1) is 12.1 Å². The lowest BCUT2D eigenvalue weighted by atomic mass is 10.2. The van der Waals surface area contributed by atoms with Crippen LogP contribution in [0, 0.1) is 13.8 Å². The third-order valence-electron chi connectivity index (χ3n) is 3.28. The van der Waals surface area contributed by atoms with E-state index < -0.39 is 5.97 Å². The quantitative estimate of drug-likeness (QED) is 0.741. The van der Waals surface area contributed by atoms with Gasteiger partial charge in [0.1, 0.15) is 5.76 Å². The highest BCUT2D eigenvalue weighted by molar-refractivity contribution is 5.66. The topological polar surface area (TPSA) is 69.8 Å². The minimum absolute atomic E-state index is 0.158. The zero-order valence-corrected chi connectivity index (χ0v) is 12.8. The van der Waals surface area contributed by atoms with Crippen molar-refractivity contribution in [1.29, 1.82) is 0 Å². The fraction of sp³-hybridized carbons (Fsp3) is 0.714. The Balaban J connectivity index is 2.59. The summed E-state index contributed by atoms with van der Waals surface area (Å²) in [5.74, 6) is 0.0526. The molecular formula is C14H25N3O3. The van der Waals surface area contributed by atoms with E-state index in [0.29, 0.717) is 13.1 Å². The molecular weight excluding hydrogens is 258 g/mol. The summed E-state index contributed by atoms with van der Waals surface area (Å²) in [6.07, 6.45) is 1.17. The molecule has 0 saturated heterocycles. The summed E-state index contributed by atoms with van der Waals surface area (Å²) < 4.78 is 5.16. The zero-order chi connectivity index (χ0) is 15.1. The van der Waals surface area contributed by atoms with E-state index in [4.69, 9.17) is 9.63 Å². The minimum atomic E-state index is -0.763. The summed E-state index contributed by atoms with van der Waals surface area (Å²) in [5, 5.41) is 12.8. The highest BCUT2D eigenvalue weighted by Gasteiger charge is 2.14. The average molecular weight is 283 g/mol. The van der Waals surface area contributed by atoms with Gasteiger partial charge < -0.3 is 14.5 Å². The first kappa shape index (κ1) is 16.7. The number of nitrogens with zero attached hydrogens (tertiary/aromatic N) is 3. The maximum Gasteiger partial charge on any atom is 0.304 e. The first-order valence-corrected chi connectivity index (χ1v) is 6.90. The third kappa shape index (κ3) is 5.71. The lowest BCUT2D eigenvalue weighted by Gasteiger charge is -2.22. The molecule has 6 heteroatoms. The van der Waals surface area contributed by atoms with Crippen LogP contribution in [-0.2, 0) is 11.3 Å². The molecule has 0 aliphatic carbocycles. The molecule has 0 aliphatic heterocycles. The van der Waals surface area contributed by atoms with Crippen LogP contribution in [0.4, 0.5) is 0 Å². The standard InChI is InChI=1S/C14H25N3O3/c1-11-13(12(2)20-15-11)10-17(9-6-14(18)19)8-5-7-16(3)4/h5-10H2,1-4H3,(H,18,19). The van der Waals surface area contributed by atoms with E-state index in [2.05, 4.69) is 15.0 Å². The molecule has 1 rings (SSSR count). The van der Waals surface area contributed by atoms with Crippen molar-refractivity contribution in [2.24, 2.45) is 0 Å². The Morgan fingerprint density at radius 2 is 1.95 bits per heavy atom. The van der Waals surface area contributed by atoms with Gasteiger partial charge in [-0.3, -0.25) is 9.69 Å². The second kappa shape index (κ2) is 8.01. The number of hydrogen-bond acceptors (Lipinski definition) is 5. The van der Waals surface area contributed by atoms with Gasteiger partial charge in [-0.05, 0) is 47.5 Å². The maximum atomic E-state index is 10.8. The smallest absolute Gasteiger partial charge is 0.304 e. The Kier molecular flexibility index (Phi) is 6.67. The van der Waals surface area contributed by atoms with Crippen molar-refractivity contribution in [3.63, 3.8) is 0 Å². The van der Waals surface area contributed by atoms with Gasteiger partial charge in [0.25, 0.3) is 0 Å². The first-order valence-electron chi connectivity index (χ1n) is 6.90. The van der Waals surface area contributed by atoms with E-state index in [-0.39, 0.29) is 6.42 Å². The molecule has 0 saturated carbocycles. The van der Waals surface area contributed by atoms with Crippen molar-refractivity contribution in [2.45, 2.75) is 33.2 Å². The molecule has 0 atom stereocenters. The minimum Gasteiger partial charge on any atom is -0.481 e. The summed E-state index contributed by atoms with van der Waals surface area (Å²) in [5.41, 5.74) is 1.95.